The Kier molecular flexibility index (Phi) is 7.07. The third kappa shape index (κ3) is 4.92. The van der Waals surface area contributed by atoms with Gasteiger partial charge in [-0.2, -0.15) is 0 Å². The molecular formula is C21H28N2O4. The largest absolute Gasteiger partial charge is 0.493 e. The van der Waals surface area contributed by atoms with Gasteiger partial charge in [-0.1, -0.05) is 38.1 Å². The van der Waals surface area contributed by atoms with E-state index in [-0.39, 0.29) is 11.9 Å². The molecule has 0 fully saturated rings. The summed E-state index contributed by atoms with van der Waals surface area (Å²) in [7, 11) is 4.54. The molecule has 1 atom stereocenters. The predicted molar refractivity (Wildman–Crippen MR) is 106 cm³/mol. The molecule has 27 heavy (non-hydrogen) atoms. The molecule has 0 heterocycles. The first kappa shape index (κ1) is 20.6. The molecule has 0 saturated heterocycles. The van der Waals surface area contributed by atoms with E-state index >= 15 is 0 Å². The van der Waals surface area contributed by atoms with Gasteiger partial charge in [-0.15, -0.1) is 0 Å². The highest BCUT2D eigenvalue weighted by molar-refractivity contribution is 5.95. The van der Waals surface area contributed by atoms with Gasteiger partial charge in [0.25, 0.3) is 5.91 Å². The minimum atomic E-state index is -0.294. The van der Waals surface area contributed by atoms with Crippen molar-refractivity contribution in [1.29, 1.82) is 0 Å². The topological polar surface area (TPSA) is 82.8 Å². The van der Waals surface area contributed by atoms with Gasteiger partial charge in [-0.05, 0) is 29.2 Å². The molecule has 0 aromatic heterocycles. The third-order valence-corrected chi connectivity index (χ3v) is 4.44. The number of rotatable bonds is 8. The van der Waals surface area contributed by atoms with Crippen LogP contribution in [0.5, 0.6) is 17.2 Å². The summed E-state index contributed by atoms with van der Waals surface area (Å²) >= 11 is 0. The Hall–Kier alpha value is -2.73. The van der Waals surface area contributed by atoms with E-state index in [2.05, 4.69) is 31.3 Å². The zero-order valence-corrected chi connectivity index (χ0v) is 16.5. The minimum Gasteiger partial charge on any atom is -0.493 e. The molecule has 0 spiro atoms. The number of benzene rings is 2. The van der Waals surface area contributed by atoms with Gasteiger partial charge >= 0.3 is 0 Å². The first-order chi connectivity index (χ1) is 12.9. The van der Waals surface area contributed by atoms with Gasteiger partial charge in [-0.3, -0.25) is 4.79 Å². The molecule has 3 N–H and O–H groups in total. The van der Waals surface area contributed by atoms with Crippen LogP contribution in [0, 0.1) is 0 Å². The van der Waals surface area contributed by atoms with Crippen LogP contribution in [0.4, 0.5) is 0 Å². The summed E-state index contributed by atoms with van der Waals surface area (Å²) in [6.45, 7) is 4.61. The molecular weight excluding hydrogens is 344 g/mol. The van der Waals surface area contributed by atoms with Crippen molar-refractivity contribution < 1.29 is 19.0 Å². The Morgan fingerprint density at radius 1 is 0.963 bits per heavy atom. The fourth-order valence-electron chi connectivity index (χ4n) is 2.76. The Morgan fingerprint density at radius 2 is 1.48 bits per heavy atom. The lowest BCUT2D eigenvalue weighted by molar-refractivity contribution is 0.0950. The number of amides is 1. The average molecular weight is 372 g/mol. The van der Waals surface area contributed by atoms with Crippen LogP contribution in [0.1, 0.15) is 47.3 Å². The summed E-state index contributed by atoms with van der Waals surface area (Å²) in [6.07, 6.45) is 0. The minimum absolute atomic E-state index is 0.261. The smallest absolute Gasteiger partial charge is 0.251 e. The van der Waals surface area contributed by atoms with E-state index in [4.69, 9.17) is 19.9 Å². The van der Waals surface area contributed by atoms with Crippen LogP contribution >= 0.6 is 0 Å². The number of hydrogen-bond acceptors (Lipinski definition) is 5. The molecule has 2 aromatic rings. The first-order valence-corrected chi connectivity index (χ1v) is 8.84. The van der Waals surface area contributed by atoms with Crippen molar-refractivity contribution in [3.63, 3.8) is 0 Å². The Balaban J connectivity index is 2.08. The summed E-state index contributed by atoms with van der Waals surface area (Å²) in [5, 5.41) is 2.86. The number of hydrogen-bond donors (Lipinski definition) is 2. The van der Waals surface area contributed by atoms with Gasteiger partial charge < -0.3 is 25.3 Å². The highest BCUT2D eigenvalue weighted by atomic mass is 16.5. The van der Waals surface area contributed by atoms with E-state index in [1.807, 2.05) is 12.1 Å². The van der Waals surface area contributed by atoms with Gasteiger partial charge in [0, 0.05) is 18.2 Å². The molecule has 0 aliphatic rings. The van der Waals surface area contributed by atoms with E-state index < -0.39 is 0 Å². The predicted octanol–water partition coefficient (Wildman–Crippen LogP) is 3.27. The second-order valence-corrected chi connectivity index (χ2v) is 6.55. The molecule has 6 nitrogen and oxygen atoms in total. The van der Waals surface area contributed by atoms with Crippen LogP contribution in [0.25, 0.3) is 0 Å². The maximum Gasteiger partial charge on any atom is 0.251 e. The van der Waals surface area contributed by atoms with E-state index in [1.165, 1.54) is 26.9 Å². The van der Waals surface area contributed by atoms with Crippen LogP contribution in [0.3, 0.4) is 0 Å². The summed E-state index contributed by atoms with van der Waals surface area (Å²) in [5.41, 5.74) is 8.86. The Morgan fingerprint density at radius 3 is 1.93 bits per heavy atom. The fourth-order valence-corrected chi connectivity index (χ4v) is 2.76. The van der Waals surface area contributed by atoms with E-state index in [0.717, 1.165) is 5.56 Å². The van der Waals surface area contributed by atoms with Crippen molar-refractivity contribution in [3.05, 3.63) is 53.1 Å². The van der Waals surface area contributed by atoms with Crippen molar-refractivity contribution in [2.75, 3.05) is 27.9 Å². The zero-order chi connectivity index (χ0) is 20.0. The van der Waals surface area contributed by atoms with E-state index in [1.54, 1.807) is 12.1 Å². The molecule has 2 rings (SSSR count). The van der Waals surface area contributed by atoms with Crippen LogP contribution in [0.15, 0.2) is 36.4 Å². The van der Waals surface area contributed by atoms with Crippen molar-refractivity contribution in [3.8, 4) is 17.2 Å². The number of methoxy groups -OCH3 is 3. The van der Waals surface area contributed by atoms with Crippen molar-refractivity contribution in [2.24, 2.45) is 5.73 Å². The van der Waals surface area contributed by atoms with E-state index in [0.29, 0.717) is 35.3 Å². The quantitative estimate of drug-likeness (QED) is 0.743. The molecule has 146 valence electrons. The molecule has 0 radical (unpaired) electrons. The molecule has 0 bridgehead atoms. The van der Waals surface area contributed by atoms with Gasteiger partial charge in [-0.25, -0.2) is 0 Å². The van der Waals surface area contributed by atoms with Gasteiger partial charge in [0.15, 0.2) is 11.5 Å². The normalized spacial score (nSPS) is 11.8. The second-order valence-electron chi connectivity index (χ2n) is 6.55. The average Bonchev–Trinajstić information content (AvgIpc) is 2.70. The van der Waals surface area contributed by atoms with Gasteiger partial charge in [0.05, 0.1) is 21.3 Å². The molecule has 1 amide bonds. The fraction of sp³-hybridized carbons (Fsp3) is 0.381. The van der Waals surface area contributed by atoms with Gasteiger partial charge in [0.2, 0.25) is 5.75 Å². The highest BCUT2D eigenvalue weighted by Crippen LogP contribution is 2.38. The summed E-state index contributed by atoms with van der Waals surface area (Å²) < 4.78 is 15.8. The number of carbonyl (C=O) groups excluding carboxylic acids is 1. The molecule has 0 aliphatic heterocycles. The summed E-state index contributed by atoms with van der Waals surface area (Å²) in [6, 6.07) is 11.1. The SMILES string of the molecule is COc1cc(C(=O)NCC(N)c2ccc(C(C)C)cc2)cc(OC)c1OC. The van der Waals surface area contributed by atoms with Crippen molar-refractivity contribution >= 4 is 5.91 Å². The van der Waals surface area contributed by atoms with Crippen LogP contribution in [0.2, 0.25) is 0 Å². The molecule has 6 heteroatoms. The standard InChI is InChI=1S/C21H28N2O4/c1-13(2)14-6-8-15(9-7-14)17(22)12-23-21(24)16-10-18(25-3)20(27-5)19(11-16)26-4/h6-11,13,17H,12,22H2,1-5H3,(H,23,24). The van der Waals surface area contributed by atoms with Crippen LogP contribution < -0.4 is 25.3 Å². The number of nitrogens with two attached hydrogens (primary N) is 1. The van der Waals surface area contributed by atoms with Crippen molar-refractivity contribution in [1.82, 2.24) is 5.32 Å². The number of ether oxygens (including phenoxy) is 3. The summed E-state index contributed by atoms with van der Waals surface area (Å²) in [4.78, 5) is 12.5. The Labute approximate surface area is 160 Å². The monoisotopic (exact) mass is 372 g/mol. The molecule has 1 unspecified atom stereocenters. The van der Waals surface area contributed by atoms with Gasteiger partial charge in [0.1, 0.15) is 0 Å². The lowest BCUT2D eigenvalue weighted by Crippen LogP contribution is -2.32. The molecule has 0 saturated carbocycles. The van der Waals surface area contributed by atoms with Crippen LogP contribution in [-0.4, -0.2) is 33.8 Å². The molecule has 0 aliphatic carbocycles. The second kappa shape index (κ2) is 9.28. The van der Waals surface area contributed by atoms with Crippen LogP contribution in [-0.2, 0) is 0 Å². The number of nitrogens with one attached hydrogen (secondary N) is 1. The summed E-state index contributed by atoms with van der Waals surface area (Å²) in [5.74, 6) is 1.50. The lowest BCUT2D eigenvalue weighted by Gasteiger charge is -2.16. The highest BCUT2D eigenvalue weighted by Gasteiger charge is 2.17. The zero-order valence-electron chi connectivity index (χ0n) is 16.5. The van der Waals surface area contributed by atoms with Crippen molar-refractivity contribution in [2.45, 2.75) is 25.8 Å². The van der Waals surface area contributed by atoms with E-state index in [9.17, 15) is 4.79 Å². The molecule has 2 aromatic carbocycles. The Bertz CT molecular complexity index is 747. The maximum absolute atomic E-state index is 12.5. The third-order valence-electron chi connectivity index (χ3n) is 4.44. The maximum atomic E-state index is 12.5. The lowest BCUT2D eigenvalue weighted by atomic mass is 9.99. The first-order valence-electron chi connectivity index (χ1n) is 8.84. The number of carbonyl (C=O) groups is 1.